The predicted octanol–water partition coefficient (Wildman–Crippen LogP) is 2.65. The molecule has 3 rings (SSSR count). The summed E-state index contributed by atoms with van der Waals surface area (Å²) >= 11 is 0. The van der Waals surface area contributed by atoms with Gasteiger partial charge in [0.25, 0.3) is 0 Å². The van der Waals surface area contributed by atoms with Crippen molar-refractivity contribution in [2.75, 3.05) is 19.6 Å². The van der Waals surface area contributed by atoms with E-state index in [2.05, 4.69) is 54.4 Å². The molecule has 2 fully saturated rings. The minimum Gasteiger partial charge on any atom is -0.310 e. The second-order valence-corrected chi connectivity index (χ2v) is 6.55. The van der Waals surface area contributed by atoms with Crippen LogP contribution in [0.15, 0.2) is 30.3 Å². The highest BCUT2D eigenvalue weighted by molar-refractivity contribution is 5.17. The van der Waals surface area contributed by atoms with Gasteiger partial charge in [-0.15, -0.1) is 0 Å². The number of nitrogens with zero attached hydrogens (tertiary/aromatic N) is 1. The molecule has 1 N–H and O–H groups in total. The maximum Gasteiger partial charge on any atom is 0.0346 e. The maximum absolute atomic E-state index is 3.77. The monoisotopic (exact) mass is 244 g/mol. The molecule has 2 saturated heterocycles. The van der Waals surface area contributed by atoms with Crippen LogP contribution in [0.4, 0.5) is 0 Å². The summed E-state index contributed by atoms with van der Waals surface area (Å²) in [6.07, 6.45) is 2.69. The van der Waals surface area contributed by atoms with Gasteiger partial charge in [-0.1, -0.05) is 37.3 Å². The molecular formula is C16H24N2. The van der Waals surface area contributed by atoms with E-state index in [1.807, 2.05) is 0 Å². The van der Waals surface area contributed by atoms with E-state index in [9.17, 15) is 0 Å². The topological polar surface area (TPSA) is 15.3 Å². The van der Waals surface area contributed by atoms with Gasteiger partial charge in [0.05, 0.1) is 0 Å². The van der Waals surface area contributed by atoms with E-state index in [0.29, 0.717) is 11.0 Å². The van der Waals surface area contributed by atoms with Crippen LogP contribution in [0.3, 0.4) is 0 Å². The van der Waals surface area contributed by atoms with Gasteiger partial charge < -0.3 is 5.32 Å². The van der Waals surface area contributed by atoms with Crippen molar-refractivity contribution in [2.45, 2.75) is 38.8 Å². The summed E-state index contributed by atoms with van der Waals surface area (Å²) < 4.78 is 0. The van der Waals surface area contributed by atoms with Gasteiger partial charge in [0, 0.05) is 25.2 Å². The second-order valence-electron chi connectivity index (χ2n) is 6.55. The third-order valence-corrected chi connectivity index (χ3v) is 5.11. The average Bonchev–Trinajstić information content (AvgIpc) is 2.61. The largest absolute Gasteiger partial charge is 0.310 e. The zero-order chi connectivity index (χ0) is 12.6. The van der Waals surface area contributed by atoms with Crippen molar-refractivity contribution in [3.63, 3.8) is 0 Å². The summed E-state index contributed by atoms with van der Waals surface area (Å²) in [4.78, 5) is 2.62. The molecule has 0 aromatic heterocycles. The van der Waals surface area contributed by atoms with Gasteiger partial charge in [-0.3, -0.25) is 4.90 Å². The van der Waals surface area contributed by atoms with Crippen LogP contribution < -0.4 is 5.32 Å². The fraction of sp³-hybridized carbons (Fsp3) is 0.625. The highest BCUT2D eigenvalue weighted by Crippen LogP contribution is 2.45. The average molecular weight is 244 g/mol. The summed E-state index contributed by atoms with van der Waals surface area (Å²) in [5, 5.41) is 3.77. The molecule has 0 bridgehead atoms. The first-order chi connectivity index (χ1) is 8.61. The number of hydrogen-bond acceptors (Lipinski definition) is 2. The van der Waals surface area contributed by atoms with Crippen molar-refractivity contribution in [3.8, 4) is 0 Å². The fourth-order valence-electron chi connectivity index (χ4n) is 3.78. The molecule has 0 amide bonds. The Kier molecular flexibility index (Phi) is 2.95. The van der Waals surface area contributed by atoms with Gasteiger partial charge in [-0.2, -0.15) is 0 Å². The molecule has 2 atom stereocenters. The van der Waals surface area contributed by atoms with Gasteiger partial charge >= 0.3 is 0 Å². The summed E-state index contributed by atoms with van der Waals surface area (Å²) in [5.74, 6) is 0. The van der Waals surface area contributed by atoms with Crippen molar-refractivity contribution >= 4 is 0 Å². The molecule has 2 heterocycles. The summed E-state index contributed by atoms with van der Waals surface area (Å²) in [5.41, 5.74) is 2.18. The minimum atomic E-state index is 0.306. The number of nitrogens with one attached hydrogen (secondary N) is 1. The van der Waals surface area contributed by atoms with Gasteiger partial charge in [-0.25, -0.2) is 0 Å². The molecule has 0 spiro atoms. The zero-order valence-corrected chi connectivity index (χ0v) is 11.6. The van der Waals surface area contributed by atoms with Gasteiger partial charge in [-0.05, 0) is 37.3 Å². The maximum atomic E-state index is 3.77. The molecule has 18 heavy (non-hydrogen) atoms. The van der Waals surface area contributed by atoms with Gasteiger partial charge in [0.15, 0.2) is 0 Å². The third-order valence-electron chi connectivity index (χ3n) is 5.11. The molecule has 2 nitrogen and oxygen atoms in total. The molecular weight excluding hydrogens is 220 g/mol. The van der Waals surface area contributed by atoms with Crippen LogP contribution in [-0.4, -0.2) is 30.1 Å². The summed E-state index contributed by atoms with van der Waals surface area (Å²) in [6, 6.07) is 10.8. The van der Waals surface area contributed by atoms with Crippen LogP contribution >= 0.6 is 0 Å². The number of rotatable bonds is 2. The lowest BCUT2D eigenvalue weighted by atomic mass is 9.69. The lowest BCUT2D eigenvalue weighted by Gasteiger charge is -2.45. The molecule has 98 valence electrons. The zero-order valence-electron chi connectivity index (χ0n) is 11.6. The van der Waals surface area contributed by atoms with E-state index in [0.717, 1.165) is 6.54 Å². The number of benzene rings is 1. The molecule has 2 aliphatic rings. The quantitative estimate of drug-likeness (QED) is 0.860. The van der Waals surface area contributed by atoms with Crippen LogP contribution in [0.2, 0.25) is 0 Å². The van der Waals surface area contributed by atoms with Gasteiger partial charge in [0.2, 0.25) is 0 Å². The molecule has 0 radical (unpaired) electrons. The molecule has 0 aliphatic carbocycles. The summed E-state index contributed by atoms with van der Waals surface area (Å²) in [7, 11) is 0. The SMILES string of the molecule is CC12CCCNC1(C)CN(Cc1ccccc1)C2. The molecule has 1 aromatic rings. The normalized spacial score (nSPS) is 36.6. The molecule has 2 heteroatoms. The van der Waals surface area contributed by atoms with Gasteiger partial charge in [0.1, 0.15) is 0 Å². The lowest BCUT2D eigenvalue weighted by molar-refractivity contribution is 0.125. The first-order valence-corrected chi connectivity index (χ1v) is 7.13. The lowest BCUT2D eigenvalue weighted by Crippen LogP contribution is -2.58. The number of hydrogen-bond donors (Lipinski definition) is 1. The molecule has 0 saturated carbocycles. The standard InChI is InChI=1S/C16H24N2/c1-15-9-6-10-17-16(15,2)13-18(12-15)11-14-7-4-3-5-8-14/h3-5,7-8,17H,6,9-13H2,1-2H3. The molecule has 2 unspecified atom stereocenters. The van der Waals surface area contributed by atoms with E-state index in [1.165, 1.54) is 38.0 Å². The van der Waals surface area contributed by atoms with Crippen molar-refractivity contribution in [1.82, 2.24) is 10.2 Å². The Morgan fingerprint density at radius 1 is 1.17 bits per heavy atom. The highest BCUT2D eigenvalue weighted by Gasteiger charge is 2.52. The van der Waals surface area contributed by atoms with Crippen LogP contribution in [-0.2, 0) is 6.54 Å². The van der Waals surface area contributed by atoms with Crippen molar-refractivity contribution in [2.24, 2.45) is 5.41 Å². The van der Waals surface area contributed by atoms with E-state index in [4.69, 9.17) is 0 Å². The van der Waals surface area contributed by atoms with Crippen molar-refractivity contribution < 1.29 is 0 Å². The summed E-state index contributed by atoms with van der Waals surface area (Å²) in [6.45, 7) is 9.56. The van der Waals surface area contributed by atoms with Crippen LogP contribution in [0, 0.1) is 5.41 Å². The first kappa shape index (κ1) is 12.2. The molecule has 2 aliphatic heterocycles. The Balaban J connectivity index is 1.74. The number of fused-ring (bicyclic) bond motifs is 1. The van der Waals surface area contributed by atoms with E-state index in [-0.39, 0.29) is 0 Å². The first-order valence-electron chi connectivity index (χ1n) is 7.13. The van der Waals surface area contributed by atoms with Crippen molar-refractivity contribution in [1.29, 1.82) is 0 Å². The highest BCUT2D eigenvalue weighted by atomic mass is 15.2. The number of likely N-dealkylation sites (tertiary alicyclic amines) is 1. The Morgan fingerprint density at radius 3 is 2.67 bits per heavy atom. The fourth-order valence-corrected chi connectivity index (χ4v) is 3.78. The van der Waals surface area contributed by atoms with E-state index < -0.39 is 0 Å². The van der Waals surface area contributed by atoms with E-state index >= 15 is 0 Å². The van der Waals surface area contributed by atoms with Crippen molar-refractivity contribution in [3.05, 3.63) is 35.9 Å². The Labute approximate surface area is 110 Å². The number of piperidine rings is 1. The third kappa shape index (κ3) is 1.98. The van der Waals surface area contributed by atoms with Crippen LogP contribution in [0.25, 0.3) is 0 Å². The Bertz CT molecular complexity index is 396. The predicted molar refractivity (Wildman–Crippen MR) is 75.5 cm³/mol. The van der Waals surface area contributed by atoms with Crippen LogP contribution in [0.5, 0.6) is 0 Å². The second kappa shape index (κ2) is 4.36. The van der Waals surface area contributed by atoms with E-state index in [1.54, 1.807) is 0 Å². The molecule has 1 aromatic carbocycles. The van der Waals surface area contributed by atoms with Crippen LogP contribution in [0.1, 0.15) is 32.3 Å². The minimum absolute atomic E-state index is 0.306. The Hall–Kier alpha value is -0.860. The Morgan fingerprint density at radius 2 is 1.94 bits per heavy atom. The smallest absolute Gasteiger partial charge is 0.0346 e.